The molecule has 2 aliphatic heterocycles. The average molecular weight is 1690 g/mol. The molecule has 3 aromatic heterocycles. The SMILES string of the molecule is CC(C)(C)c1cc(-c2cc3c4c(c2)N(c2c(-c5ccccc5)cc(C(C)(C)C)cc2-c2ccccc2-c2ccccc2)c2cc(-n5c6ccc(C(C)(C)C)cc6c6cc(C(C)(C)C)ccc65)ccc2B4c2ccc(-n4c5ccc(C(C)(C)C)cc5c5cc(C(C)(C)C)ccc54)cc2N3c2cc(C(C)(C)C)cc(-n3c4ccccc4c4ccccc43)c2C#N)cc(C(C)(C)C)c1. The molecule has 5 heterocycles. The molecular formula is C123H121BN6. The second kappa shape index (κ2) is 30.0. The summed E-state index contributed by atoms with van der Waals surface area (Å²) in [5.74, 6) is 0. The molecule has 0 N–H and O–H groups in total. The van der Waals surface area contributed by atoms with E-state index in [0.29, 0.717) is 5.56 Å². The van der Waals surface area contributed by atoms with Gasteiger partial charge in [0.15, 0.2) is 0 Å². The molecule has 130 heavy (non-hydrogen) atoms. The van der Waals surface area contributed by atoms with E-state index in [9.17, 15) is 5.26 Å². The highest BCUT2D eigenvalue weighted by Gasteiger charge is 2.47. The summed E-state index contributed by atoms with van der Waals surface area (Å²) in [6.45, 7) is 55.9. The first-order chi connectivity index (χ1) is 61.5. The fraction of sp³-hybridized carbons (Fsp3) is 0.260. The fourth-order valence-corrected chi connectivity index (χ4v) is 20.7. The molecule has 6 nitrogen and oxygen atoms in total. The Morgan fingerprint density at radius 3 is 0.985 bits per heavy atom. The first-order valence-electron chi connectivity index (χ1n) is 46.9. The van der Waals surface area contributed by atoms with Gasteiger partial charge in [0.2, 0.25) is 0 Å². The number of nitrogens with zero attached hydrogens (tertiary/aromatic N) is 6. The minimum Gasteiger partial charge on any atom is -0.310 e. The first kappa shape index (κ1) is 85.0. The third kappa shape index (κ3) is 14.2. The Morgan fingerprint density at radius 2 is 0.562 bits per heavy atom. The van der Waals surface area contributed by atoms with Gasteiger partial charge in [-0.2, -0.15) is 5.26 Å². The van der Waals surface area contributed by atoms with Crippen LogP contribution in [0.15, 0.2) is 297 Å². The first-order valence-corrected chi connectivity index (χ1v) is 46.9. The van der Waals surface area contributed by atoms with Gasteiger partial charge in [0.1, 0.15) is 11.6 Å². The molecule has 0 saturated heterocycles. The van der Waals surface area contributed by atoms with Crippen molar-refractivity contribution in [2.75, 3.05) is 9.80 Å². The number of hydrogen-bond acceptors (Lipinski definition) is 3. The van der Waals surface area contributed by atoms with Gasteiger partial charge in [-0.15, -0.1) is 0 Å². The molecule has 0 fully saturated rings. The molecule has 0 saturated carbocycles. The van der Waals surface area contributed by atoms with E-state index in [2.05, 4.69) is 493 Å². The van der Waals surface area contributed by atoms with Crippen molar-refractivity contribution in [2.24, 2.45) is 0 Å². The fourth-order valence-electron chi connectivity index (χ4n) is 20.7. The number of para-hydroxylation sites is 2. The Labute approximate surface area is 770 Å². The summed E-state index contributed by atoms with van der Waals surface area (Å²) in [5, 5.41) is 20.4. The van der Waals surface area contributed by atoms with Crippen LogP contribution < -0.4 is 26.2 Å². The molecule has 0 bridgehead atoms. The quantitative estimate of drug-likeness (QED) is 0.135. The van der Waals surface area contributed by atoms with E-state index in [4.69, 9.17) is 0 Å². The van der Waals surface area contributed by atoms with E-state index in [1.807, 2.05) is 0 Å². The Balaban J connectivity index is 1.01. The van der Waals surface area contributed by atoms with Gasteiger partial charge in [-0.3, -0.25) is 0 Å². The molecular weight excluding hydrogens is 1570 g/mol. The van der Waals surface area contributed by atoms with Crippen molar-refractivity contribution < 1.29 is 0 Å². The van der Waals surface area contributed by atoms with Crippen molar-refractivity contribution in [1.29, 1.82) is 5.26 Å². The molecule has 0 radical (unpaired) electrons. The van der Waals surface area contributed by atoms with Crippen LogP contribution in [-0.4, -0.2) is 20.4 Å². The maximum absolute atomic E-state index is 13.2. The lowest BCUT2D eigenvalue weighted by Crippen LogP contribution is -2.61. The smallest absolute Gasteiger partial charge is 0.252 e. The zero-order valence-electron chi connectivity index (χ0n) is 80.6. The molecule has 646 valence electrons. The van der Waals surface area contributed by atoms with Gasteiger partial charge in [0.25, 0.3) is 6.71 Å². The number of fused-ring (bicyclic) bond motifs is 13. The van der Waals surface area contributed by atoms with Crippen molar-refractivity contribution in [3.8, 4) is 67.6 Å². The Morgan fingerprint density at radius 1 is 0.223 bits per heavy atom. The van der Waals surface area contributed by atoms with E-state index in [1.54, 1.807) is 0 Å². The molecule has 15 aromatic carbocycles. The van der Waals surface area contributed by atoms with E-state index in [1.165, 1.54) is 60.5 Å². The lowest BCUT2D eigenvalue weighted by Gasteiger charge is -2.46. The van der Waals surface area contributed by atoms with Crippen LogP contribution in [0.4, 0.5) is 34.1 Å². The van der Waals surface area contributed by atoms with E-state index in [0.717, 1.165) is 162 Å². The predicted molar refractivity (Wildman–Crippen MR) is 560 cm³/mol. The molecule has 7 heteroatoms. The number of benzene rings is 15. The van der Waals surface area contributed by atoms with Crippen LogP contribution in [0.3, 0.4) is 0 Å². The second-order valence-corrected chi connectivity index (χ2v) is 45.5. The number of aromatic nitrogens is 3. The van der Waals surface area contributed by atoms with Gasteiger partial charge in [-0.05, 0) is 259 Å². The summed E-state index contributed by atoms with van der Waals surface area (Å²) in [4.78, 5) is 5.34. The van der Waals surface area contributed by atoms with Gasteiger partial charge < -0.3 is 23.5 Å². The van der Waals surface area contributed by atoms with Crippen LogP contribution in [0.5, 0.6) is 0 Å². The van der Waals surface area contributed by atoms with Crippen LogP contribution in [0, 0.1) is 11.3 Å². The Hall–Kier alpha value is -13.1. The number of rotatable bonds is 9. The largest absolute Gasteiger partial charge is 0.310 e. The van der Waals surface area contributed by atoms with Crippen molar-refractivity contribution in [3.05, 3.63) is 347 Å². The van der Waals surface area contributed by atoms with Crippen molar-refractivity contribution >= 4 is 123 Å². The van der Waals surface area contributed by atoms with Gasteiger partial charge in [-0.25, -0.2) is 0 Å². The molecule has 0 spiro atoms. The van der Waals surface area contributed by atoms with Gasteiger partial charge in [0, 0.05) is 77.6 Å². The molecule has 0 atom stereocenters. The normalized spacial score (nSPS) is 13.5. The third-order valence-electron chi connectivity index (χ3n) is 28.3. The summed E-state index contributed by atoms with van der Waals surface area (Å²) >= 11 is 0. The molecule has 0 amide bonds. The minimum atomic E-state index is -0.425. The Kier molecular flexibility index (Phi) is 19.6. The highest BCUT2D eigenvalue weighted by molar-refractivity contribution is 7.00. The van der Waals surface area contributed by atoms with E-state index < -0.39 is 12.1 Å². The lowest BCUT2D eigenvalue weighted by atomic mass is 9.33. The Bertz CT molecular complexity index is 7510. The third-order valence-corrected chi connectivity index (χ3v) is 28.3. The summed E-state index contributed by atoms with van der Waals surface area (Å²) in [5.41, 5.74) is 36.8. The summed E-state index contributed by atoms with van der Waals surface area (Å²) in [6.07, 6.45) is 0. The average Bonchev–Trinajstić information content (AvgIpc) is 0.808. The number of nitriles is 1. The molecule has 20 rings (SSSR count). The van der Waals surface area contributed by atoms with Crippen LogP contribution in [0.2, 0.25) is 0 Å². The minimum absolute atomic E-state index is 0.109. The second-order valence-electron chi connectivity index (χ2n) is 45.5. The van der Waals surface area contributed by atoms with Crippen LogP contribution in [0.1, 0.15) is 216 Å². The highest BCUT2D eigenvalue weighted by atomic mass is 15.2. The number of anilines is 6. The van der Waals surface area contributed by atoms with Crippen molar-refractivity contribution in [2.45, 2.75) is 209 Å². The summed E-state index contributed by atoms with van der Waals surface area (Å²) in [7, 11) is 0. The van der Waals surface area contributed by atoms with E-state index in [-0.39, 0.29) is 37.9 Å². The monoisotopic (exact) mass is 1690 g/mol. The van der Waals surface area contributed by atoms with Gasteiger partial charge >= 0.3 is 0 Å². The standard InChI is InChI=1S/C123H121BN6/c1-116(2,3)79-47-55-104-94(64-79)95-65-80(117(4,5)6)48-56-105(95)126(104)87-51-53-100-110(72-87)129(109-71-86(123(22,23)24)70-108(99(109)74-125)128-102-45-35-33-43-91(102)92-44-34-36-46-103(92)128)112-61-78(77-59-83(120(13,14)15)63-84(60-77)121(16,17)18)62-113-114(112)124(100)101-54-52-88(127-106-57-49-81(118(7,8)9)66-96(106)97-67-82(119(10,11)12)50-58-107(97)127)73-111(101)130(113)115-93(76-39-29-26-30-40-76)68-85(122(19,20)21)69-98(115)90-42-32-31-41-89(90)75-37-27-25-28-38-75/h25-73H,1-24H3. The molecule has 0 aliphatic carbocycles. The van der Waals surface area contributed by atoms with Gasteiger partial charge in [-0.1, -0.05) is 342 Å². The molecule has 2 aliphatic rings. The van der Waals surface area contributed by atoms with E-state index >= 15 is 0 Å². The summed E-state index contributed by atoms with van der Waals surface area (Å²) < 4.78 is 7.50. The maximum atomic E-state index is 13.2. The zero-order valence-corrected chi connectivity index (χ0v) is 80.6. The van der Waals surface area contributed by atoms with Crippen LogP contribution >= 0.6 is 0 Å². The predicted octanol–water partition coefficient (Wildman–Crippen LogP) is 32.0. The van der Waals surface area contributed by atoms with Gasteiger partial charge in [0.05, 0.1) is 50.2 Å². The van der Waals surface area contributed by atoms with Crippen molar-refractivity contribution in [1.82, 2.24) is 13.7 Å². The lowest BCUT2D eigenvalue weighted by molar-refractivity contribution is 0.569. The maximum Gasteiger partial charge on any atom is 0.252 e. The molecule has 0 unspecified atom stereocenters. The summed E-state index contributed by atoms with van der Waals surface area (Å²) in [6, 6.07) is 118. The topological polar surface area (TPSA) is 45.1 Å². The van der Waals surface area contributed by atoms with Crippen LogP contribution in [0.25, 0.3) is 127 Å². The number of hydrogen-bond donors (Lipinski definition) is 0. The molecule has 18 aromatic rings. The van der Waals surface area contributed by atoms with Crippen LogP contribution in [-0.2, 0) is 43.3 Å². The van der Waals surface area contributed by atoms with Crippen molar-refractivity contribution in [3.63, 3.8) is 0 Å². The highest BCUT2D eigenvalue weighted by Crippen LogP contribution is 2.56. The zero-order chi connectivity index (χ0) is 91.5.